The van der Waals surface area contributed by atoms with Gasteiger partial charge in [-0.25, -0.2) is 0 Å². The first-order valence-electron chi connectivity index (χ1n) is 6.33. The maximum atomic E-state index is 5.77. The quantitative estimate of drug-likeness (QED) is 0.773. The molecule has 0 amide bonds. The zero-order chi connectivity index (χ0) is 12.9. The molecular weight excluding hydrogens is 214 g/mol. The molecule has 0 aromatic carbocycles. The molecule has 1 N–H and O–H groups in total. The molecule has 0 aliphatic heterocycles. The maximum absolute atomic E-state index is 5.77. The van der Waals surface area contributed by atoms with Gasteiger partial charge in [0, 0.05) is 12.1 Å². The van der Waals surface area contributed by atoms with Gasteiger partial charge in [0.15, 0.2) is 0 Å². The molecule has 0 radical (unpaired) electrons. The average molecular weight is 239 g/mol. The van der Waals surface area contributed by atoms with Gasteiger partial charge < -0.3 is 14.5 Å². The van der Waals surface area contributed by atoms with E-state index >= 15 is 0 Å². The number of nitrogens with one attached hydrogen (secondary N) is 1. The SMILES string of the molecule is CCCOCc1cc(C)c(CNC(C)(C)C)o1. The van der Waals surface area contributed by atoms with E-state index in [-0.39, 0.29) is 5.54 Å². The van der Waals surface area contributed by atoms with Crippen LogP contribution in [0.3, 0.4) is 0 Å². The van der Waals surface area contributed by atoms with Crippen LogP contribution in [-0.4, -0.2) is 12.1 Å². The number of aryl methyl sites for hydroxylation is 1. The largest absolute Gasteiger partial charge is 0.462 e. The number of rotatable bonds is 6. The predicted molar refractivity (Wildman–Crippen MR) is 70.0 cm³/mol. The number of hydrogen-bond donors (Lipinski definition) is 1. The summed E-state index contributed by atoms with van der Waals surface area (Å²) < 4.78 is 11.2. The summed E-state index contributed by atoms with van der Waals surface area (Å²) in [6, 6.07) is 2.06. The van der Waals surface area contributed by atoms with Crippen molar-refractivity contribution in [2.75, 3.05) is 6.61 Å². The Morgan fingerprint density at radius 2 is 2.06 bits per heavy atom. The highest BCUT2D eigenvalue weighted by atomic mass is 16.5. The zero-order valence-electron chi connectivity index (χ0n) is 11.7. The average Bonchev–Trinajstić information content (AvgIpc) is 2.56. The van der Waals surface area contributed by atoms with Crippen molar-refractivity contribution in [3.8, 4) is 0 Å². The third-order valence-electron chi connectivity index (χ3n) is 2.44. The van der Waals surface area contributed by atoms with Crippen molar-refractivity contribution in [1.29, 1.82) is 0 Å². The van der Waals surface area contributed by atoms with E-state index in [1.165, 1.54) is 5.56 Å². The molecular formula is C14H25NO2. The molecule has 1 aromatic heterocycles. The fourth-order valence-corrected chi connectivity index (χ4v) is 1.50. The summed E-state index contributed by atoms with van der Waals surface area (Å²) in [4.78, 5) is 0. The van der Waals surface area contributed by atoms with Crippen LogP contribution in [0.2, 0.25) is 0 Å². The summed E-state index contributed by atoms with van der Waals surface area (Å²) in [6.07, 6.45) is 1.04. The summed E-state index contributed by atoms with van der Waals surface area (Å²) in [5, 5.41) is 3.43. The molecule has 0 saturated heterocycles. The molecule has 0 unspecified atom stereocenters. The standard InChI is InChI=1S/C14H25NO2/c1-6-7-16-10-12-8-11(2)13(17-12)9-15-14(3,4)5/h8,15H,6-7,9-10H2,1-5H3. The van der Waals surface area contributed by atoms with Crippen molar-refractivity contribution < 1.29 is 9.15 Å². The first-order chi connectivity index (χ1) is 7.92. The fourth-order valence-electron chi connectivity index (χ4n) is 1.50. The molecule has 0 aliphatic rings. The number of ether oxygens (including phenoxy) is 1. The first kappa shape index (κ1) is 14.3. The van der Waals surface area contributed by atoms with Crippen molar-refractivity contribution in [2.45, 2.75) is 59.7 Å². The van der Waals surface area contributed by atoms with Crippen molar-refractivity contribution in [3.63, 3.8) is 0 Å². The summed E-state index contributed by atoms with van der Waals surface area (Å²) >= 11 is 0. The van der Waals surface area contributed by atoms with Gasteiger partial charge in [-0.3, -0.25) is 0 Å². The van der Waals surface area contributed by atoms with E-state index in [2.05, 4.69) is 46.0 Å². The summed E-state index contributed by atoms with van der Waals surface area (Å²) in [6.45, 7) is 12.8. The van der Waals surface area contributed by atoms with E-state index in [1.54, 1.807) is 0 Å². The van der Waals surface area contributed by atoms with E-state index in [0.717, 1.165) is 31.1 Å². The highest BCUT2D eigenvalue weighted by Crippen LogP contribution is 2.16. The van der Waals surface area contributed by atoms with Gasteiger partial charge in [-0.15, -0.1) is 0 Å². The second-order valence-corrected chi connectivity index (χ2v) is 5.48. The molecule has 0 bridgehead atoms. The lowest BCUT2D eigenvalue weighted by Crippen LogP contribution is -2.35. The lowest BCUT2D eigenvalue weighted by Gasteiger charge is -2.19. The zero-order valence-corrected chi connectivity index (χ0v) is 11.7. The Morgan fingerprint density at radius 1 is 1.35 bits per heavy atom. The number of furan rings is 1. The van der Waals surface area contributed by atoms with Gasteiger partial charge >= 0.3 is 0 Å². The second-order valence-electron chi connectivity index (χ2n) is 5.48. The van der Waals surface area contributed by atoms with Crippen molar-refractivity contribution in [3.05, 3.63) is 23.2 Å². The van der Waals surface area contributed by atoms with Crippen LogP contribution >= 0.6 is 0 Å². The second kappa shape index (κ2) is 6.22. The molecule has 98 valence electrons. The highest BCUT2D eigenvalue weighted by molar-refractivity contribution is 5.19. The van der Waals surface area contributed by atoms with Crippen LogP contribution in [0, 0.1) is 6.92 Å². The Balaban J connectivity index is 2.50. The van der Waals surface area contributed by atoms with E-state index in [9.17, 15) is 0 Å². The van der Waals surface area contributed by atoms with Crippen LogP contribution in [0.1, 0.15) is 51.2 Å². The van der Waals surface area contributed by atoms with Gasteiger partial charge in [-0.05, 0) is 45.7 Å². The Bertz CT molecular complexity index is 336. The van der Waals surface area contributed by atoms with E-state index in [0.29, 0.717) is 6.61 Å². The third-order valence-corrected chi connectivity index (χ3v) is 2.44. The Morgan fingerprint density at radius 3 is 2.65 bits per heavy atom. The van der Waals surface area contributed by atoms with Crippen LogP contribution in [-0.2, 0) is 17.9 Å². The van der Waals surface area contributed by atoms with Crippen LogP contribution in [0.25, 0.3) is 0 Å². The van der Waals surface area contributed by atoms with Crippen molar-refractivity contribution >= 4 is 0 Å². The Hall–Kier alpha value is -0.800. The first-order valence-corrected chi connectivity index (χ1v) is 6.33. The lowest BCUT2D eigenvalue weighted by atomic mass is 10.1. The van der Waals surface area contributed by atoms with Crippen LogP contribution in [0.5, 0.6) is 0 Å². The molecule has 1 heterocycles. The van der Waals surface area contributed by atoms with Gasteiger partial charge in [0.2, 0.25) is 0 Å². The summed E-state index contributed by atoms with van der Waals surface area (Å²) in [7, 11) is 0. The van der Waals surface area contributed by atoms with Gasteiger partial charge in [0.1, 0.15) is 18.1 Å². The third kappa shape index (κ3) is 5.37. The normalized spacial score (nSPS) is 12.1. The minimum absolute atomic E-state index is 0.109. The van der Waals surface area contributed by atoms with Crippen molar-refractivity contribution in [2.24, 2.45) is 0 Å². The van der Waals surface area contributed by atoms with Crippen LogP contribution in [0.15, 0.2) is 10.5 Å². The minimum Gasteiger partial charge on any atom is -0.462 e. The molecule has 0 spiro atoms. The molecule has 0 fully saturated rings. The van der Waals surface area contributed by atoms with Crippen molar-refractivity contribution in [1.82, 2.24) is 5.32 Å². The Labute approximate surface area is 105 Å². The van der Waals surface area contributed by atoms with Gasteiger partial charge in [0.25, 0.3) is 0 Å². The molecule has 0 atom stereocenters. The summed E-state index contributed by atoms with van der Waals surface area (Å²) in [5.74, 6) is 1.93. The van der Waals surface area contributed by atoms with Gasteiger partial charge in [-0.1, -0.05) is 6.92 Å². The molecule has 3 nitrogen and oxygen atoms in total. The smallest absolute Gasteiger partial charge is 0.130 e. The van der Waals surface area contributed by atoms with Gasteiger partial charge in [0.05, 0.1) is 6.54 Å². The molecule has 1 aromatic rings. The van der Waals surface area contributed by atoms with Crippen LogP contribution < -0.4 is 5.32 Å². The maximum Gasteiger partial charge on any atom is 0.130 e. The van der Waals surface area contributed by atoms with Gasteiger partial charge in [-0.2, -0.15) is 0 Å². The Kier molecular flexibility index (Phi) is 5.22. The summed E-state index contributed by atoms with van der Waals surface area (Å²) in [5.41, 5.74) is 1.30. The molecule has 1 rings (SSSR count). The predicted octanol–water partition coefficient (Wildman–Crippen LogP) is 3.40. The van der Waals surface area contributed by atoms with Crippen LogP contribution in [0.4, 0.5) is 0 Å². The van der Waals surface area contributed by atoms with E-state index in [4.69, 9.17) is 9.15 Å². The molecule has 17 heavy (non-hydrogen) atoms. The number of hydrogen-bond acceptors (Lipinski definition) is 3. The highest BCUT2D eigenvalue weighted by Gasteiger charge is 2.12. The lowest BCUT2D eigenvalue weighted by molar-refractivity contribution is 0.105. The topological polar surface area (TPSA) is 34.4 Å². The minimum atomic E-state index is 0.109. The molecule has 0 saturated carbocycles. The van der Waals surface area contributed by atoms with E-state index < -0.39 is 0 Å². The monoisotopic (exact) mass is 239 g/mol. The fraction of sp³-hybridized carbons (Fsp3) is 0.714. The molecule has 3 heteroatoms. The molecule has 0 aliphatic carbocycles. The van der Waals surface area contributed by atoms with E-state index in [1.807, 2.05) is 0 Å².